The SMILES string of the molecule is CCNC(=NCc1ccc(C)cc1OC(C)CC)NCCS(=O)C(C)(C)C. The molecule has 1 rings (SSSR count). The van der Waals surface area contributed by atoms with E-state index in [0.29, 0.717) is 18.8 Å². The van der Waals surface area contributed by atoms with Crippen LogP contribution in [0.1, 0.15) is 59.1 Å². The molecule has 0 saturated carbocycles. The van der Waals surface area contributed by atoms with E-state index in [2.05, 4.69) is 54.6 Å². The summed E-state index contributed by atoms with van der Waals surface area (Å²) >= 11 is 0. The van der Waals surface area contributed by atoms with Crippen LogP contribution in [0.3, 0.4) is 0 Å². The molecule has 0 aliphatic rings. The molecule has 0 heterocycles. The highest BCUT2D eigenvalue weighted by atomic mass is 32.2. The van der Waals surface area contributed by atoms with Gasteiger partial charge in [-0.1, -0.05) is 19.1 Å². The number of rotatable bonds is 9. The molecule has 2 N–H and O–H groups in total. The van der Waals surface area contributed by atoms with Gasteiger partial charge in [0.2, 0.25) is 0 Å². The zero-order valence-corrected chi connectivity index (χ0v) is 18.8. The largest absolute Gasteiger partial charge is 0.490 e. The van der Waals surface area contributed by atoms with Crippen molar-refractivity contribution in [3.8, 4) is 5.75 Å². The number of nitrogens with one attached hydrogen (secondary N) is 2. The van der Waals surface area contributed by atoms with E-state index >= 15 is 0 Å². The maximum absolute atomic E-state index is 12.2. The summed E-state index contributed by atoms with van der Waals surface area (Å²) < 4.78 is 18.1. The van der Waals surface area contributed by atoms with Crippen LogP contribution in [0, 0.1) is 6.92 Å². The molecule has 0 aromatic heterocycles. The minimum atomic E-state index is -0.877. The second kappa shape index (κ2) is 11.3. The molecule has 0 aliphatic heterocycles. The first-order valence-electron chi connectivity index (χ1n) is 9.84. The second-order valence-electron chi connectivity index (χ2n) is 7.73. The van der Waals surface area contributed by atoms with E-state index in [0.717, 1.165) is 30.2 Å². The van der Waals surface area contributed by atoms with Crippen molar-refractivity contribution in [1.82, 2.24) is 10.6 Å². The van der Waals surface area contributed by atoms with E-state index in [1.165, 1.54) is 5.56 Å². The first-order chi connectivity index (χ1) is 12.7. The van der Waals surface area contributed by atoms with Crippen LogP contribution in [0.4, 0.5) is 0 Å². The molecule has 0 saturated heterocycles. The van der Waals surface area contributed by atoms with Crippen LogP contribution in [0.25, 0.3) is 0 Å². The van der Waals surface area contributed by atoms with Gasteiger partial charge in [-0.3, -0.25) is 4.21 Å². The van der Waals surface area contributed by atoms with Crippen LogP contribution in [0.15, 0.2) is 23.2 Å². The molecule has 0 fully saturated rings. The Bertz CT molecular complexity index is 639. The van der Waals surface area contributed by atoms with Crippen molar-refractivity contribution in [3.63, 3.8) is 0 Å². The highest BCUT2D eigenvalue weighted by Crippen LogP contribution is 2.23. The van der Waals surface area contributed by atoms with Gasteiger partial charge in [-0.05, 0) is 59.6 Å². The summed E-state index contributed by atoms with van der Waals surface area (Å²) in [6.45, 7) is 16.2. The van der Waals surface area contributed by atoms with Gasteiger partial charge in [0.05, 0.1) is 12.6 Å². The highest BCUT2D eigenvalue weighted by Gasteiger charge is 2.18. The summed E-state index contributed by atoms with van der Waals surface area (Å²) in [5.41, 5.74) is 2.24. The van der Waals surface area contributed by atoms with Gasteiger partial charge in [0, 0.05) is 40.0 Å². The third-order valence-corrected chi connectivity index (χ3v) is 6.08. The van der Waals surface area contributed by atoms with Crippen molar-refractivity contribution in [2.75, 3.05) is 18.8 Å². The highest BCUT2D eigenvalue weighted by molar-refractivity contribution is 7.86. The van der Waals surface area contributed by atoms with Crippen LogP contribution >= 0.6 is 0 Å². The molecule has 0 aliphatic carbocycles. The number of hydrogen-bond donors (Lipinski definition) is 2. The molecule has 154 valence electrons. The molecule has 0 radical (unpaired) electrons. The Morgan fingerprint density at radius 1 is 1.26 bits per heavy atom. The first-order valence-corrected chi connectivity index (χ1v) is 11.2. The predicted molar refractivity (Wildman–Crippen MR) is 117 cm³/mol. The molecule has 2 atom stereocenters. The van der Waals surface area contributed by atoms with Gasteiger partial charge in [0.15, 0.2) is 5.96 Å². The zero-order chi connectivity index (χ0) is 20.4. The van der Waals surface area contributed by atoms with Crippen LogP contribution in [-0.2, 0) is 17.3 Å². The molecule has 0 spiro atoms. The molecular weight excluding hydrogens is 358 g/mol. The Labute approximate surface area is 167 Å². The number of benzene rings is 1. The fraction of sp³-hybridized carbons (Fsp3) is 0.667. The lowest BCUT2D eigenvalue weighted by Gasteiger charge is -2.19. The fourth-order valence-electron chi connectivity index (χ4n) is 2.28. The number of nitrogens with zero attached hydrogens (tertiary/aromatic N) is 1. The minimum Gasteiger partial charge on any atom is -0.490 e. The first kappa shape index (κ1) is 23.5. The van der Waals surface area contributed by atoms with Gasteiger partial charge in [-0.2, -0.15) is 0 Å². The summed E-state index contributed by atoms with van der Waals surface area (Å²) in [6.07, 6.45) is 1.14. The summed E-state index contributed by atoms with van der Waals surface area (Å²) in [6, 6.07) is 6.24. The quantitative estimate of drug-likeness (QED) is 0.493. The molecule has 6 heteroatoms. The van der Waals surface area contributed by atoms with Crippen molar-refractivity contribution in [2.45, 2.75) is 72.3 Å². The van der Waals surface area contributed by atoms with E-state index in [4.69, 9.17) is 4.74 Å². The Kier molecular flexibility index (Phi) is 9.84. The Balaban J connectivity index is 2.78. The van der Waals surface area contributed by atoms with Crippen LogP contribution < -0.4 is 15.4 Å². The van der Waals surface area contributed by atoms with Crippen molar-refractivity contribution in [1.29, 1.82) is 0 Å². The van der Waals surface area contributed by atoms with E-state index in [-0.39, 0.29) is 10.9 Å². The molecule has 1 aromatic rings. The number of ether oxygens (including phenoxy) is 1. The standard InChI is InChI=1S/C21H37N3O2S/c1-8-17(4)26-19-14-16(3)10-11-18(19)15-24-20(22-9-2)23-12-13-27(25)21(5,6)7/h10-11,14,17H,8-9,12-13,15H2,1-7H3,(H2,22,23,24). The smallest absolute Gasteiger partial charge is 0.191 e. The maximum Gasteiger partial charge on any atom is 0.191 e. The molecule has 0 amide bonds. The fourth-order valence-corrected chi connectivity index (χ4v) is 3.18. The third-order valence-electron chi connectivity index (χ3n) is 4.14. The van der Waals surface area contributed by atoms with Gasteiger partial charge in [0.1, 0.15) is 5.75 Å². The predicted octanol–water partition coefficient (Wildman–Crippen LogP) is 3.77. The average Bonchev–Trinajstić information content (AvgIpc) is 2.59. The van der Waals surface area contributed by atoms with Gasteiger partial charge in [-0.15, -0.1) is 0 Å². The van der Waals surface area contributed by atoms with Crippen LogP contribution in [-0.4, -0.2) is 39.9 Å². The van der Waals surface area contributed by atoms with E-state index < -0.39 is 10.8 Å². The second-order valence-corrected chi connectivity index (χ2v) is 10.1. The number of hydrogen-bond acceptors (Lipinski definition) is 3. The van der Waals surface area contributed by atoms with Crippen molar-refractivity contribution in [2.24, 2.45) is 4.99 Å². The topological polar surface area (TPSA) is 62.7 Å². The van der Waals surface area contributed by atoms with Gasteiger partial charge >= 0.3 is 0 Å². The lowest BCUT2D eigenvalue weighted by Crippen LogP contribution is -2.40. The molecule has 0 bridgehead atoms. The van der Waals surface area contributed by atoms with Crippen molar-refractivity contribution >= 4 is 16.8 Å². The maximum atomic E-state index is 12.2. The van der Waals surface area contributed by atoms with Crippen molar-refractivity contribution < 1.29 is 8.95 Å². The van der Waals surface area contributed by atoms with Crippen LogP contribution in [0.5, 0.6) is 5.75 Å². The van der Waals surface area contributed by atoms with Crippen LogP contribution in [0.2, 0.25) is 0 Å². The van der Waals surface area contributed by atoms with Gasteiger partial charge in [0.25, 0.3) is 0 Å². The van der Waals surface area contributed by atoms with Gasteiger partial charge in [-0.25, -0.2) is 4.99 Å². The Hall–Kier alpha value is -1.56. The van der Waals surface area contributed by atoms with Gasteiger partial charge < -0.3 is 15.4 Å². The molecule has 5 nitrogen and oxygen atoms in total. The van der Waals surface area contributed by atoms with E-state index in [9.17, 15) is 4.21 Å². The molecule has 1 aromatic carbocycles. The van der Waals surface area contributed by atoms with Crippen molar-refractivity contribution in [3.05, 3.63) is 29.3 Å². The summed E-state index contributed by atoms with van der Waals surface area (Å²) in [7, 11) is -0.877. The average molecular weight is 396 g/mol. The Morgan fingerprint density at radius 2 is 1.96 bits per heavy atom. The lowest BCUT2D eigenvalue weighted by atomic mass is 10.1. The monoisotopic (exact) mass is 395 g/mol. The molecule has 27 heavy (non-hydrogen) atoms. The normalized spacial score (nSPS) is 14.6. The zero-order valence-electron chi connectivity index (χ0n) is 18.0. The third kappa shape index (κ3) is 8.78. The molecule has 2 unspecified atom stereocenters. The summed E-state index contributed by atoms with van der Waals surface area (Å²) in [5.74, 6) is 2.23. The summed E-state index contributed by atoms with van der Waals surface area (Å²) in [5, 5.41) is 6.53. The summed E-state index contributed by atoms with van der Waals surface area (Å²) in [4.78, 5) is 4.68. The Morgan fingerprint density at radius 3 is 2.56 bits per heavy atom. The number of aryl methyl sites for hydroxylation is 1. The van der Waals surface area contributed by atoms with E-state index in [1.807, 2.05) is 27.7 Å². The molecular formula is C21H37N3O2S. The minimum absolute atomic E-state index is 0.174. The number of guanidine groups is 1. The van der Waals surface area contributed by atoms with E-state index in [1.54, 1.807) is 0 Å². The lowest BCUT2D eigenvalue weighted by molar-refractivity contribution is 0.215. The number of aliphatic imine (C=N–C) groups is 1.